The highest BCUT2D eigenvalue weighted by Gasteiger charge is 2.13. The molecule has 102 valence electrons. The summed E-state index contributed by atoms with van der Waals surface area (Å²) < 4.78 is 7.00. The molecule has 0 atom stereocenters. The number of hydrogen-bond acceptors (Lipinski definition) is 4. The van der Waals surface area contributed by atoms with Gasteiger partial charge >= 0.3 is 0 Å². The van der Waals surface area contributed by atoms with Crippen molar-refractivity contribution in [3.05, 3.63) is 35.7 Å². The van der Waals surface area contributed by atoms with Gasteiger partial charge in [-0.3, -0.25) is 0 Å². The van der Waals surface area contributed by atoms with Crippen LogP contribution in [-0.2, 0) is 13.0 Å². The molecule has 0 aliphatic rings. The molecule has 0 aliphatic carbocycles. The van der Waals surface area contributed by atoms with Crippen molar-refractivity contribution in [1.29, 1.82) is 0 Å². The standard InChI is InChI=1S/C14H19N3O2/c1-3-4-8-14-13(10-18)15-16-17(14)11-6-5-7-12(9-11)19-2/h5-7,9,18H,3-4,8,10H2,1-2H3. The Morgan fingerprint density at radius 2 is 2.21 bits per heavy atom. The van der Waals surface area contributed by atoms with Crippen molar-refractivity contribution in [2.45, 2.75) is 32.8 Å². The molecule has 1 heterocycles. The van der Waals surface area contributed by atoms with Crippen molar-refractivity contribution in [2.75, 3.05) is 7.11 Å². The fraction of sp³-hybridized carbons (Fsp3) is 0.429. The predicted molar refractivity (Wildman–Crippen MR) is 72.4 cm³/mol. The maximum atomic E-state index is 9.34. The van der Waals surface area contributed by atoms with Gasteiger partial charge in [-0.25, -0.2) is 4.68 Å². The molecule has 0 saturated carbocycles. The maximum Gasteiger partial charge on any atom is 0.121 e. The van der Waals surface area contributed by atoms with Crippen LogP contribution in [0.25, 0.3) is 5.69 Å². The quantitative estimate of drug-likeness (QED) is 0.865. The van der Waals surface area contributed by atoms with Crippen LogP contribution >= 0.6 is 0 Å². The first kappa shape index (κ1) is 13.5. The highest BCUT2D eigenvalue weighted by atomic mass is 16.5. The number of benzene rings is 1. The molecule has 5 heteroatoms. The van der Waals surface area contributed by atoms with E-state index in [4.69, 9.17) is 4.74 Å². The summed E-state index contributed by atoms with van der Waals surface area (Å²) in [7, 11) is 1.64. The molecule has 19 heavy (non-hydrogen) atoms. The number of hydrogen-bond donors (Lipinski definition) is 1. The van der Waals surface area contributed by atoms with E-state index in [1.54, 1.807) is 11.8 Å². The summed E-state index contributed by atoms with van der Waals surface area (Å²) in [6.07, 6.45) is 3.00. The third-order valence-electron chi connectivity index (χ3n) is 3.06. The third-order valence-corrected chi connectivity index (χ3v) is 3.06. The van der Waals surface area contributed by atoms with Crippen LogP contribution in [0.2, 0.25) is 0 Å². The topological polar surface area (TPSA) is 60.2 Å². The second kappa shape index (κ2) is 6.33. The number of ether oxygens (including phenoxy) is 1. The fourth-order valence-electron chi connectivity index (χ4n) is 2.00. The van der Waals surface area contributed by atoms with Crippen molar-refractivity contribution in [3.63, 3.8) is 0 Å². The average Bonchev–Trinajstić information content (AvgIpc) is 2.88. The van der Waals surface area contributed by atoms with E-state index in [2.05, 4.69) is 17.2 Å². The van der Waals surface area contributed by atoms with Gasteiger partial charge in [0.2, 0.25) is 0 Å². The SMILES string of the molecule is CCCCc1c(CO)nnn1-c1cccc(OC)c1. The molecule has 1 aromatic heterocycles. The highest BCUT2D eigenvalue weighted by Crippen LogP contribution is 2.19. The third kappa shape index (κ3) is 2.93. The number of unbranched alkanes of at least 4 members (excludes halogenated alkanes) is 1. The Kier molecular flexibility index (Phi) is 4.52. The molecule has 1 N–H and O–H groups in total. The first-order valence-electron chi connectivity index (χ1n) is 6.49. The van der Waals surface area contributed by atoms with Crippen LogP contribution in [0.3, 0.4) is 0 Å². The van der Waals surface area contributed by atoms with E-state index in [1.807, 2.05) is 24.3 Å². The minimum Gasteiger partial charge on any atom is -0.497 e. The monoisotopic (exact) mass is 261 g/mol. The Morgan fingerprint density at radius 3 is 2.89 bits per heavy atom. The molecule has 5 nitrogen and oxygen atoms in total. The summed E-state index contributed by atoms with van der Waals surface area (Å²) in [5.41, 5.74) is 2.52. The van der Waals surface area contributed by atoms with E-state index in [0.29, 0.717) is 5.69 Å². The lowest BCUT2D eigenvalue weighted by atomic mass is 10.1. The van der Waals surface area contributed by atoms with Crippen LogP contribution in [0, 0.1) is 0 Å². The van der Waals surface area contributed by atoms with Crippen LogP contribution < -0.4 is 4.74 Å². The molecule has 2 aromatic rings. The molecule has 0 unspecified atom stereocenters. The second-order valence-corrected chi connectivity index (χ2v) is 4.36. The number of aliphatic hydroxyl groups excluding tert-OH is 1. The number of nitrogens with zero attached hydrogens (tertiary/aromatic N) is 3. The van der Waals surface area contributed by atoms with E-state index in [-0.39, 0.29) is 6.61 Å². The number of aliphatic hydroxyl groups is 1. The van der Waals surface area contributed by atoms with E-state index in [1.165, 1.54) is 0 Å². The van der Waals surface area contributed by atoms with Crippen LogP contribution in [-0.4, -0.2) is 27.2 Å². The van der Waals surface area contributed by atoms with Crippen molar-refractivity contribution in [3.8, 4) is 11.4 Å². The highest BCUT2D eigenvalue weighted by molar-refractivity contribution is 5.40. The molecule has 0 amide bonds. The Balaban J connectivity index is 2.39. The number of aromatic nitrogens is 3. The Morgan fingerprint density at radius 1 is 1.37 bits per heavy atom. The molecule has 0 spiro atoms. The summed E-state index contributed by atoms with van der Waals surface area (Å²) in [4.78, 5) is 0. The van der Waals surface area contributed by atoms with Crippen LogP contribution in [0.15, 0.2) is 24.3 Å². The predicted octanol–water partition coefficient (Wildman–Crippen LogP) is 2.11. The Hall–Kier alpha value is -1.88. The van der Waals surface area contributed by atoms with Gasteiger partial charge in [-0.05, 0) is 25.0 Å². The van der Waals surface area contributed by atoms with Gasteiger partial charge in [0.1, 0.15) is 11.4 Å². The Bertz CT molecular complexity index is 537. The molecular weight excluding hydrogens is 242 g/mol. The molecule has 0 radical (unpaired) electrons. The van der Waals surface area contributed by atoms with Gasteiger partial charge in [0.15, 0.2) is 0 Å². The summed E-state index contributed by atoms with van der Waals surface area (Å²) in [5, 5.41) is 17.5. The fourth-order valence-corrected chi connectivity index (χ4v) is 2.00. The zero-order valence-electron chi connectivity index (χ0n) is 11.3. The largest absolute Gasteiger partial charge is 0.497 e. The minimum absolute atomic E-state index is 0.0803. The van der Waals surface area contributed by atoms with Gasteiger partial charge in [-0.15, -0.1) is 5.10 Å². The van der Waals surface area contributed by atoms with Crippen LogP contribution in [0.5, 0.6) is 5.75 Å². The lowest BCUT2D eigenvalue weighted by Crippen LogP contribution is -2.04. The summed E-state index contributed by atoms with van der Waals surface area (Å²) >= 11 is 0. The Labute approximate surface area is 112 Å². The smallest absolute Gasteiger partial charge is 0.121 e. The maximum absolute atomic E-state index is 9.34. The van der Waals surface area contributed by atoms with Crippen molar-refractivity contribution >= 4 is 0 Å². The average molecular weight is 261 g/mol. The molecule has 0 bridgehead atoms. The molecule has 0 fully saturated rings. The lowest BCUT2D eigenvalue weighted by molar-refractivity contribution is 0.275. The van der Waals surface area contributed by atoms with Crippen molar-refractivity contribution < 1.29 is 9.84 Å². The number of methoxy groups -OCH3 is 1. The van der Waals surface area contributed by atoms with Gasteiger partial charge < -0.3 is 9.84 Å². The van der Waals surface area contributed by atoms with Crippen molar-refractivity contribution in [1.82, 2.24) is 15.0 Å². The normalized spacial score (nSPS) is 10.7. The van der Waals surface area contributed by atoms with Gasteiger partial charge in [0.05, 0.1) is 25.1 Å². The van der Waals surface area contributed by atoms with Gasteiger partial charge in [0, 0.05) is 6.07 Å². The first-order chi connectivity index (χ1) is 9.30. The molecule has 2 rings (SSSR count). The second-order valence-electron chi connectivity index (χ2n) is 4.36. The van der Waals surface area contributed by atoms with E-state index in [0.717, 1.165) is 36.4 Å². The van der Waals surface area contributed by atoms with E-state index < -0.39 is 0 Å². The van der Waals surface area contributed by atoms with E-state index >= 15 is 0 Å². The van der Waals surface area contributed by atoms with Gasteiger partial charge in [-0.2, -0.15) is 0 Å². The molecule has 0 aliphatic heterocycles. The molecular formula is C14H19N3O2. The van der Waals surface area contributed by atoms with Crippen LogP contribution in [0.1, 0.15) is 31.2 Å². The molecule has 0 saturated heterocycles. The summed E-state index contributed by atoms with van der Waals surface area (Å²) in [6, 6.07) is 7.66. The molecule has 1 aromatic carbocycles. The van der Waals surface area contributed by atoms with Gasteiger partial charge in [-0.1, -0.05) is 24.6 Å². The minimum atomic E-state index is -0.0803. The van der Waals surface area contributed by atoms with Gasteiger partial charge in [0.25, 0.3) is 0 Å². The first-order valence-corrected chi connectivity index (χ1v) is 6.49. The van der Waals surface area contributed by atoms with Crippen molar-refractivity contribution in [2.24, 2.45) is 0 Å². The summed E-state index contributed by atoms with van der Waals surface area (Å²) in [5.74, 6) is 0.778. The zero-order chi connectivity index (χ0) is 13.7. The lowest BCUT2D eigenvalue weighted by Gasteiger charge is -2.08. The number of rotatable bonds is 6. The van der Waals surface area contributed by atoms with E-state index in [9.17, 15) is 5.11 Å². The summed E-state index contributed by atoms with van der Waals surface area (Å²) in [6.45, 7) is 2.06. The van der Waals surface area contributed by atoms with Crippen LogP contribution in [0.4, 0.5) is 0 Å². The zero-order valence-corrected chi connectivity index (χ0v) is 11.3.